The molecule has 3 rings (SSSR count). The summed E-state index contributed by atoms with van der Waals surface area (Å²) in [6, 6.07) is 17.4. The van der Waals surface area contributed by atoms with Gasteiger partial charge in [0.05, 0.1) is 12.0 Å². The molecule has 27 heavy (non-hydrogen) atoms. The van der Waals surface area contributed by atoms with E-state index in [1.54, 1.807) is 30.1 Å². The fourth-order valence-corrected chi connectivity index (χ4v) is 4.81. The normalized spacial score (nSPS) is 11.0. The minimum atomic E-state index is -0.195. The van der Waals surface area contributed by atoms with Gasteiger partial charge in [-0.05, 0) is 23.3 Å². The van der Waals surface area contributed by atoms with Crippen molar-refractivity contribution < 1.29 is 4.79 Å². The summed E-state index contributed by atoms with van der Waals surface area (Å²) in [4.78, 5) is 11.9. The molecule has 9 heteroatoms. The van der Waals surface area contributed by atoms with Crippen LogP contribution in [0.5, 0.6) is 0 Å². The highest BCUT2D eigenvalue weighted by molar-refractivity contribution is 8.03. The summed E-state index contributed by atoms with van der Waals surface area (Å²) in [6.45, 7) is 0. The third kappa shape index (κ3) is 6.99. The molecule has 0 saturated heterocycles. The van der Waals surface area contributed by atoms with Gasteiger partial charge in [-0.2, -0.15) is 5.10 Å². The topological polar surface area (TPSA) is 67.2 Å². The number of rotatable bonds is 8. The Hall–Kier alpha value is -1.87. The summed E-state index contributed by atoms with van der Waals surface area (Å²) in [5.74, 6) is 0.884. The van der Waals surface area contributed by atoms with Gasteiger partial charge >= 0.3 is 0 Å². The zero-order valence-electron chi connectivity index (χ0n) is 14.0. The van der Waals surface area contributed by atoms with Crippen molar-refractivity contribution >= 4 is 58.6 Å². The van der Waals surface area contributed by atoms with Crippen LogP contribution in [0, 0.1) is 0 Å². The Bertz CT molecular complexity index is 900. The Morgan fingerprint density at radius 3 is 2.52 bits per heavy atom. The van der Waals surface area contributed by atoms with Crippen molar-refractivity contribution in [1.29, 1.82) is 0 Å². The molecular weight excluding hydrogens is 420 g/mol. The predicted molar refractivity (Wildman–Crippen MR) is 114 cm³/mol. The van der Waals surface area contributed by atoms with Gasteiger partial charge in [-0.1, -0.05) is 88.9 Å². The van der Waals surface area contributed by atoms with E-state index in [0.717, 1.165) is 20.0 Å². The molecule has 3 aromatic rings. The largest absolute Gasteiger partial charge is 0.272 e. The van der Waals surface area contributed by atoms with Crippen LogP contribution in [0.25, 0.3) is 0 Å². The van der Waals surface area contributed by atoms with E-state index < -0.39 is 0 Å². The molecule has 1 amide bonds. The summed E-state index contributed by atoms with van der Waals surface area (Å²) in [5.41, 5.74) is 4.60. The number of carbonyl (C=O) groups is 1. The molecule has 0 aliphatic heterocycles. The lowest BCUT2D eigenvalue weighted by Gasteiger charge is -1.98. The lowest BCUT2D eigenvalue weighted by atomic mass is 10.2. The van der Waals surface area contributed by atoms with Gasteiger partial charge in [-0.25, -0.2) is 5.43 Å². The van der Waals surface area contributed by atoms with Crippen LogP contribution >= 0.6 is 46.5 Å². The molecule has 1 heterocycles. The number of hydrogen-bond donors (Lipinski definition) is 1. The smallest absolute Gasteiger partial charge is 0.250 e. The van der Waals surface area contributed by atoms with Crippen LogP contribution in [0.4, 0.5) is 0 Å². The summed E-state index contributed by atoms with van der Waals surface area (Å²) in [6.07, 6.45) is 1.57. The molecule has 5 nitrogen and oxygen atoms in total. The Morgan fingerprint density at radius 1 is 1.07 bits per heavy atom. The predicted octanol–water partition coefficient (Wildman–Crippen LogP) is 4.73. The minimum absolute atomic E-state index is 0.195. The van der Waals surface area contributed by atoms with E-state index >= 15 is 0 Å². The number of nitrogens with one attached hydrogen (secondary N) is 1. The molecule has 1 aromatic heterocycles. The molecule has 0 fully saturated rings. The van der Waals surface area contributed by atoms with Gasteiger partial charge in [-0.3, -0.25) is 4.79 Å². The number of aromatic nitrogens is 2. The average Bonchev–Trinajstić information content (AvgIpc) is 3.15. The quantitative estimate of drug-likeness (QED) is 0.315. The molecule has 0 radical (unpaired) electrons. The first kappa shape index (κ1) is 19.9. The number of nitrogens with zero attached hydrogens (tertiary/aromatic N) is 3. The van der Waals surface area contributed by atoms with Crippen LogP contribution < -0.4 is 5.43 Å². The van der Waals surface area contributed by atoms with E-state index in [-0.39, 0.29) is 11.7 Å². The minimum Gasteiger partial charge on any atom is -0.272 e. The molecule has 2 aromatic carbocycles. The highest BCUT2D eigenvalue weighted by Gasteiger charge is 2.08. The molecule has 0 aliphatic carbocycles. The summed E-state index contributed by atoms with van der Waals surface area (Å²) >= 11 is 10.3. The first-order valence-corrected chi connectivity index (χ1v) is 11.1. The number of benzene rings is 2. The standard InChI is InChI=1S/C18H15ClN4OS3/c19-15-8-6-13(7-9-15)10-20-21-16(24)12-26-18-23-22-17(27-18)25-11-14-4-2-1-3-5-14/h1-10H,11-12H2,(H,21,24)/b20-10-. The van der Waals surface area contributed by atoms with Gasteiger partial charge in [0.25, 0.3) is 5.91 Å². The molecule has 0 spiro atoms. The Labute approximate surface area is 174 Å². The number of carbonyl (C=O) groups excluding carboxylic acids is 1. The zero-order chi connectivity index (χ0) is 18.9. The fraction of sp³-hybridized carbons (Fsp3) is 0.111. The highest BCUT2D eigenvalue weighted by atomic mass is 35.5. The Kier molecular flexibility index (Phi) is 7.70. The van der Waals surface area contributed by atoms with Crippen LogP contribution in [0.15, 0.2) is 68.4 Å². The maximum absolute atomic E-state index is 11.9. The van der Waals surface area contributed by atoms with Crippen molar-refractivity contribution in [2.24, 2.45) is 5.10 Å². The first-order valence-electron chi connectivity index (χ1n) is 7.89. The second kappa shape index (κ2) is 10.5. The number of halogens is 1. The van der Waals surface area contributed by atoms with E-state index in [0.29, 0.717) is 5.02 Å². The summed E-state index contributed by atoms with van der Waals surface area (Å²) in [5, 5.41) is 12.9. The van der Waals surface area contributed by atoms with Gasteiger partial charge in [0.1, 0.15) is 0 Å². The monoisotopic (exact) mass is 434 g/mol. The van der Waals surface area contributed by atoms with Crippen molar-refractivity contribution in [3.8, 4) is 0 Å². The van der Waals surface area contributed by atoms with E-state index in [9.17, 15) is 4.79 Å². The van der Waals surface area contributed by atoms with Crippen LogP contribution in [0.2, 0.25) is 5.02 Å². The Morgan fingerprint density at radius 2 is 1.78 bits per heavy atom. The lowest BCUT2D eigenvalue weighted by molar-refractivity contribution is -0.118. The van der Waals surface area contributed by atoms with Gasteiger partial charge in [0.15, 0.2) is 8.68 Å². The van der Waals surface area contributed by atoms with Crippen molar-refractivity contribution in [2.45, 2.75) is 14.4 Å². The van der Waals surface area contributed by atoms with Crippen LogP contribution in [0.1, 0.15) is 11.1 Å². The molecular formula is C18H15ClN4OS3. The molecule has 138 valence electrons. The van der Waals surface area contributed by atoms with E-state index in [1.807, 2.05) is 30.3 Å². The average molecular weight is 435 g/mol. The molecule has 0 bridgehead atoms. The van der Waals surface area contributed by atoms with Gasteiger partial charge in [-0.15, -0.1) is 10.2 Å². The van der Waals surface area contributed by atoms with Crippen molar-refractivity contribution in [3.63, 3.8) is 0 Å². The second-order valence-corrected chi connectivity index (χ2v) is 9.10. The second-order valence-electron chi connectivity index (χ2n) is 5.24. The zero-order valence-corrected chi connectivity index (χ0v) is 17.2. The molecule has 0 saturated carbocycles. The Balaban J connectivity index is 1.40. The van der Waals surface area contributed by atoms with Gasteiger partial charge in [0.2, 0.25) is 0 Å². The third-order valence-electron chi connectivity index (χ3n) is 3.19. The summed E-state index contributed by atoms with van der Waals surface area (Å²) in [7, 11) is 0. The van der Waals surface area contributed by atoms with E-state index in [4.69, 9.17) is 11.6 Å². The molecule has 1 N–H and O–H groups in total. The molecule has 0 unspecified atom stereocenters. The molecule has 0 atom stereocenters. The van der Waals surface area contributed by atoms with Crippen molar-refractivity contribution in [3.05, 3.63) is 70.7 Å². The van der Waals surface area contributed by atoms with Crippen molar-refractivity contribution in [1.82, 2.24) is 15.6 Å². The highest BCUT2D eigenvalue weighted by Crippen LogP contribution is 2.30. The third-order valence-corrected chi connectivity index (χ3v) is 6.71. The van der Waals surface area contributed by atoms with Crippen LogP contribution in [-0.4, -0.2) is 28.1 Å². The SMILES string of the molecule is O=C(CSc1nnc(SCc2ccccc2)s1)N/N=C\c1ccc(Cl)cc1. The number of hydrazone groups is 1. The van der Waals surface area contributed by atoms with Gasteiger partial charge in [0, 0.05) is 10.8 Å². The number of amides is 1. The maximum Gasteiger partial charge on any atom is 0.250 e. The van der Waals surface area contributed by atoms with E-state index in [2.05, 4.69) is 32.9 Å². The number of hydrogen-bond acceptors (Lipinski definition) is 7. The summed E-state index contributed by atoms with van der Waals surface area (Å²) < 4.78 is 1.66. The maximum atomic E-state index is 11.9. The number of thioether (sulfide) groups is 2. The fourth-order valence-electron chi connectivity index (χ4n) is 1.92. The molecule has 0 aliphatic rings. The van der Waals surface area contributed by atoms with Crippen LogP contribution in [0.3, 0.4) is 0 Å². The van der Waals surface area contributed by atoms with Gasteiger partial charge < -0.3 is 0 Å². The van der Waals surface area contributed by atoms with Crippen LogP contribution in [-0.2, 0) is 10.5 Å². The lowest BCUT2D eigenvalue weighted by Crippen LogP contribution is -2.19. The van der Waals surface area contributed by atoms with Crippen molar-refractivity contribution in [2.75, 3.05) is 5.75 Å². The van der Waals surface area contributed by atoms with E-state index in [1.165, 1.54) is 28.7 Å². The first-order chi connectivity index (χ1) is 13.2.